The first-order chi connectivity index (χ1) is 11.2. The number of hydrogen-bond acceptors (Lipinski definition) is 3. The van der Waals surface area contributed by atoms with Crippen LogP contribution in [0.5, 0.6) is 0 Å². The van der Waals surface area contributed by atoms with Crippen molar-refractivity contribution in [2.75, 3.05) is 11.9 Å². The maximum Gasteiger partial charge on any atom is 0.416 e. The highest BCUT2D eigenvalue weighted by atomic mass is 19.4. The van der Waals surface area contributed by atoms with E-state index in [-0.39, 0.29) is 5.54 Å². The van der Waals surface area contributed by atoms with Gasteiger partial charge in [0.2, 0.25) is 5.90 Å². The van der Waals surface area contributed by atoms with E-state index in [1.54, 1.807) is 18.2 Å². The van der Waals surface area contributed by atoms with E-state index in [9.17, 15) is 13.2 Å². The van der Waals surface area contributed by atoms with E-state index >= 15 is 0 Å². The Balaban J connectivity index is 1.92. The van der Waals surface area contributed by atoms with Crippen LogP contribution in [0.2, 0.25) is 0 Å². The predicted molar refractivity (Wildman–Crippen MR) is 87.7 cm³/mol. The molecule has 0 radical (unpaired) electrons. The lowest BCUT2D eigenvalue weighted by atomic mass is 10.1. The summed E-state index contributed by atoms with van der Waals surface area (Å²) >= 11 is 0. The highest BCUT2D eigenvalue weighted by Crippen LogP contribution is 2.32. The zero-order valence-electron chi connectivity index (χ0n) is 13.3. The molecule has 0 atom stereocenters. The molecule has 6 heteroatoms. The Morgan fingerprint density at radius 2 is 1.83 bits per heavy atom. The molecule has 1 heterocycles. The molecule has 1 aliphatic heterocycles. The fraction of sp³-hybridized carbons (Fsp3) is 0.278. The van der Waals surface area contributed by atoms with Crippen LogP contribution in [0, 0.1) is 0 Å². The number of nitrogens with one attached hydrogen (secondary N) is 1. The largest absolute Gasteiger partial charge is 0.475 e. The average Bonchev–Trinajstić information content (AvgIpc) is 2.87. The van der Waals surface area contributed by atoms with Gasteiger partial charge in [-0.05, 0) is 44.2 Å². The van der Waals surface area contributed by atoms with Crippen molar-refractivity contribution >= 4 is 17.3 Å². The fourth-order valence-electron chi connectivity index (χ4n) is 2.43. The van der Waals surface area contributed by atoms with Crippen molar-refractivity contribution in [2.24, 2.45) is 4.99 Å². The highest BCUT2D eigenvalue weighted by Gasteiger charge is 2.31. The molecule has 0 fully saturated rings. The zero-order valence-corrected chi connectivity index (χ0v) is 13.3. The van der Waals surface area contributed by atoms with Crippen LogP contribution in [0.3, 0.4) is 0 Å². The van der Waals surface area contributed by atoms with Crippen molar-refractivity contribution in [3.63, 3.8) is 0 Å². The molecule has 0 saturated heterocycles. The molecule has 2 aromatic rings. The number of benzene rings is 2. The van der Waals surface area contributed by atoms with E-state index in [0.717, 1.165) is 17.7 Å². The molecular weight excluding hydrogens is 317 g/mol. The molecule has 2 aromatic carbocycles. The van der Waals surface area contributed by atoms with Crippen LogP contribution in [0.15, 0.2) is 53.5 Å². The minimum atomic E-state index is -4.38. The number of ether oxygens (including phenoxy) is 1. The molecule has 3 nitrogen and oxygen atoms in total. The van der Waals surface area contributed by atoms with Crippen LogP contribution in [-0.4, -0.2) is 18.0 Å². The van der Waals surface area contributed by atoms with Crippen molar-refractivity contribution in [3.8, 4) is 0 Å². The van der Waals surface area contributed by atoms with Gasteiger partial charge in [0.15, 0.2) is 0 Å². The van der Waals surface area contributed by atoms with E-state index < -0.39 is 11.7 Å². The first-order valence-corrected chi connectivity index (χ1v) is 7.51. The van der Waals surface area contributed by atoms with E-state index in [1.807, 2.05) is 26.0 Å². The monoisotopic (exact) mass is 334 g/mol. The second-order valence-corrected chi connectivity index (χ2v) is 6.27. The lowest BCUT2D eigenvalue weighted by Gasteiger charge is -2.13. The Labute approximate surface area is 138 Å². The normalized spacial score (nSPS) is 16.5. The predicted octanol–water partition coefficient (Wildman–Crippen LogP) is 5.00. The number of alkyl halides is 3. The highest BCUT2D eigenvalue weighted by molar-refractivity contribution is 6.01. The van der Waals surface area contributed by atoms with Crippen molar-refractivity contribution in [3.05, 3.63) is 59.7 Å². The van der Waals surface area contributed by atoms with Crippen LogP contribution in [0.4, 0.5) is 24.5 Å². The van der Waals surface area contributed by atoms with Crippen LogP contribution in [0.25, 0.3) is 0 Å². The summed E-state index contributed by atoms with van der Waals surface area (Å²) < 4.78 is 44.2. The molecule has 0 amide bonds. The van der Waals surface area contributed by atoms with Crippen molar-refractivity contribution in [2.45, 2.75) is 25.6 Å². The molecular formula is C18H17F3N2O. The van der Waals surface area contributed by atoms with Gasteiger partial charge in [-0.15, -0.1) is 0 Å². The summed E-state index contributed by atoms with van der Waals surface area (Å²) in [5.41, 5.74) is 0.725. The quantitative estimate of drug-likeness (QED) is 0.856. The molecule has 0 bridgehead atoms. The van der Waals surface area contributed by atoms with Gasteiger partial charge in [0.05, 0.1) is 22.4 Å². The molecule has 3 rings (SSSR count). The van der Waals surface area contributed by atoms with Crippen molar-refractivity contribution in [1.82, 2.24) is 0 Å². The standard InChI is InChI=1S/C18H17F3N2O/c1-17(2)11-24-16(23-17)14-8-3-4-9-15(14)22-13-7-5-6-12(10-13)18(19,20)21/h3-10,22H,11H2,1-2H3. The lowest BCUT2D eigenvalue weighted by Crippen LogP contribution is -2.17. The Morgan fingerprint density at radius 1 is 1.08 bits per heavy atom. The Morgan fingerprint density at radius 3 is 2.50 bits per heavy atom. The molecule has 126 valence electrons. The third-order valence-electron chi connectivity index (χ3n) is 3.59. The Hall–Kier alpha value is -2.50. The van der Waals surface area contributed by atoms with Gasteiger partial charge in [-0.3, -0.25) is 0 Å². The maximum absolute atomic E-state index is 12.9. The summed E-state index contributed by atoms with van der Waals surface area (Å²) in [5, 5.41) is 3.03. The summed E-state index contributed by atoms with van der Waals surface area (Å²) in [6.07, 6.45) is -4.38. The molecule has 0 saturated carbocycles. The van der Waals surface area contributed by atoms with E-state index in [4.69, 9.17) is 4.74 Å². The number of rotatable bonds is 3. The first-order valence-electron chi connectivity index (χ1n) is 7.51. The van der Waals surface area contributed by atoms with Crippen LogP contribution in [0.1, 0.15) is 25.0 Å². The number of halogens is 3. The molecule has 0 aromatic heterocycles. The number of nitrogens with zero attached hydrogens (tertiary/aromatic N) is 1. The molecule has 24 heavy (non-hydrogen) atoms. The van der Waals surface area contributed by atoms with Gasteiger partial charge in [-0.1, -0.05) is 18.2 Å². The number of anilines is 2. The summed E-state index contributed by atoms with van der Waals surface area (Å²) in [4.78, 5) is 4.52. The molecule has 0 aliphatic carbocycles. The Bertz CT molecular complexity index is 782. The number of hydrogen-bond donors (Lipinski definition) is 1. The third-order valence-corrected chi connectivity index (χ3v) is 3.59. The summed E-state index contributed by atoms with van der Waals surface area (Å²) in [5.74, 6) is 0.495. The molecule has 0 spiro atoms. The summed E-state index contributed by atoms with van der Waals surface area (Å²) in [6.45, 7) is 4.39. The second-order valence-electron chi connectivity index (χ2n) is 6.27. The second kappa shape index (κ2) is 5.85. The summed E-state index contributed by atoms with van der Waals surface area (Å²) in [7, 11) is 0. The van der Waals surface area contributed by atoms with Crippen molar-refractivity contribution < 1.29 is 17.9 Å². The fourth-order valence-corrected chi connectivity index (χ4v) is 2.43. The van der Waals surface area contributed by atoms with Crippen LogP contribution < -0.4 is 5.32 Å². The van der Waals surface area contributed by atoms with Gasteiger partial charge < -0.3 is 10.1 Å². The molecule has 0 unspecified atom stereocenters. The van der Waals surface area contributed by atoms with E-state index in [2.05, 4.69) is 10.3 Å². The Kier molecular flexibility index (Phi) is 3.99. The minimum Gasteiger partial charge on any atom is -0.475 e. The van der Waals surface area contributed by atoms with E-state index in [1.165, 1.54) is 6.07 Å². The van der Waals surface area contributed by atoms with Crippen LogP contribution in [-0.2, 0) is 10.9 Å². The lowest BCUT2D eigenvalue weighted by molar-refractivity contribution is -0.137. The minimum absolute atomic E-state index is 0.307. The topological polar surface area (TPSA) is 33.6 Å². The molecule has 1 N–H and O–H groups in total. The van der Waals surface area contributed by atoms with Crippen LogP contribution >= 0.6 is 0 Å². The smallest absolute Gasteiger partial charge is 0.416 e. The van der Waals surface area contributed by atoms with Gasteiger partial charge >= 0.3 is 6.18 Å². The third kappa shape index (κ3) is 3.53. The van der Waals surface area contributed by atoms with Gasteiger partial charge in [0, 0.05) is 5.69 Å². The zero-order chi connectivity index (χ0) is 17.4. The SMILES string of the molecule is CC1(C)COC(c2ccccc2Nc2cccc(C(F)(F)F)c2)=N1. The van der Waals surface area contributed by atoms with Gasteiger partial charge in [0.1, 0.15) is 6.61 Å². The van der Waals surface area contributed by atoms with Gasteiger partial charge in [-0.25, -0.2) is 4.99 Å². The summed E-state index contributed by atoms with van der Waals surface area (Å²) in [6, 6.07) is 12.3. The first kappa shape index (κ1) is 16.4. The maximum atomic E-state index is 12.9. The van der Waals surface area contributed by atoms with Gasteiger partial charge in [0.25, 0.3) is 0 Å². The van der Waals surface area contributed by atoms with Crippen molar-refractivity contribution in [1.29, 1.82) is 0 Å². The number of para-hydroxylation sites is 1. The van der Waals surface area contributed by atoms with E-state index in [0.29, 0.717) is 23.9 Å². The van der Waals surface area contributed by atoms with Gasteiger partial charge in [-0.2, -0.15) is 13.2 Å². The molecule has 1 aliphatic rings. The average molecular weight is 334 g/mol. The number of aliphatic imine (C=N–C) groups is 1.